The van der Waals surface area contributed by atoms with Gasteiger partial charge in [0.1, 0.15) is 5.56 Å². The SMILES string of the molecule is COCC1c2c(cnn2CC2CC2)CCN1C(=O)c1cccnc1OC.O=C(O)C(F)(F)F.O=C(O)C(F)(F)F. The molecule has 0 aromatic carbocycles. The molecule has 0 spiro atoms. The minimum absolute atomic E-state index is 0.0816. The van der Waals surface area contributed by atoms with Crippen molar-refractivity contribution in [3.8, 4) is 5.88 Å². The lowest BCUT2D eigenvalue weighted by atomic mass is 9.99. The lowest BCUT2D eigenvalue weighted by Crippen LogP contribution is -2.43. The van der Waals surface area contributed by atoms with E-state index in [1.807, 2.05) is 11.1 Å². The van der Waals surface area contributed by atoms with Gasteiger partial charge in [0.25, 0.3) is 5.91 Å². The van der Waals surface area contributed by atoms with Gasteiger partial charge in [0.15, 0.2) is 0 Å². The Labute approximate surface area is 223 Å². The summed E-state index contributed by atoms with van der Waals surface area (Å²) in [4.78, 5) is 37.1. The van der Waals surface area contributed by atoms with Gasteiger partial charge in [-0.05, 0) is 42.9 Å². The number of carboxylic acids is 2. The number of rotatable bonds is 6. The van der Waals surface area contributed by atoms with Gasteiger partial charge in [-0.2, -0.15) is 31.4 Å². The molecule has 2 aliphatic rings. The van der Waals surface area contributed by atoms with Gasteiger partial charge in [0.2, 0.25) is 5.88 Å². The Morgan fingerprint density at radius 3 is 2.10 bits per heavy atom. The second-order valence-corrected chi connectivity index (χ2v) is 8.57. The Morgan fingerprint density at radius 2 is 1.62 bits per heavy atom. The highest BCUT2D eigenvalue weighted by atomic mass is 19.4. The number of carbonyl (C=O) groups excluding carboxylic acids is 1. The Kier molecular flexibility index (Phi) is 10.9. The van der Waals surface area contributed by atoms with E-state index in [2.05, 4.69) is 14.8 Å². The van der Waals surface area contributed by atoms with Crippen molar-refractivity contribution in [3.63, 3.8) is 0 Å². The number of aromatic nitrogens is 3. The Bertz CT molecular complexity index is 1160. The molecule has 2 aromatic rings. The first kappa shape index (κ1) is 32.3. The van der Waals surface area contributed by atoms with Crippen LogP contribution in [0.3, 0.4) is 0 Å². The number of carboxylic acid groups (broad SMARTS) is 2. The van der Waals surface area contributed by atoms with Gasteiger partial charge in [0.05, 0.1) is 31.6 Å². The van der Waals surface area contributed by atoms with Gasteiger partial charge in [0, 0.05) is 26.4 Å². The molecule has 2 N–H and O–H groups in total. The van der Waals surface area contributed by atoms with E-state index in [-0.39, 0.29) is 11.9 Å². The molecule has 4 rings (SSSR count). The van der Waals surface area contributed by atoms with Crippen molar-refractivity contribution in [2.75, 3.05) is 27.4 Å². The molecule has 2 aromatic heterocycles. The number of halogens is 6. The standard InChI is InChI=1S/C19H24N4O3.2C2HF3O2/c1-25-12-16-17-14(10-21-23(17)11-13-5-6-13)7-9-22(16)19(24)15-4-3-8-20-18(15)26-2;2*3-2(4,5)1(6)7/h3-4,8,10,13,16H,5-7,9,11-12H2,1-2H3;2*(H,6,7). The van der Waals surface area contributed by atoms with Crippen LogP contribution in [0.5, 0.6) is 5.88 Å². The molecule has 1 saturated carbocycles. The number of amides is 1. The van der Waals surface area contributed by atoms with Gasteiger partial charge in [-0.3, -0.25) is 9.48 Å². The molecule has 1 unspecified atom stereocenters. The number of methoxy groups -OCH3 is 2. The number of pyridine rings is 1. The van der Waals surface area contributed by atoms with Crippen LogP contribution in [0.15, 0.2) is 24.5 Å². The Balaban J connectivity index is 0.000000333. The second-order valence-electron chi connectivity index (χ2n) is 8.57. The van der Waals surface area contributed by atoms with Gasteiger partial charge in [-0.15, -0.1) is 0 Å². The zero-order valence-electron chi connectivity index (χ0n) is 21.2. The third kappa shape index (κ3) is 8.82. The van der Waals surface area contributed by atoms with E-state index in [4.69, 9.17) is 29.3 Å². The number of alkyl halides is 6. The summed E-state index contributed by atoms with van der Waals surface area (Å²) in [6.45, 7) is 2.00. The van der Waals surface area contributed by atoms with E-state index in [0.717, 1.165) is 18.7 Å². The maximum Gasteiger partial charge on any atom is 0.490 e. The van der Waals surface area contributed by atoms with Crippen molar-refractivity contribution >= 4 is 17.8 Å². The van der Waals surface area contributed by atoms with Gasteiger partial charge in [-0.1, -0.05) is 0 Å². The minimum atomic E-state index is -5.08. The highest BCUT2D eigenvalue weighted by Gasteiger charge is 2.39. The largest absolute Gasteiger partial charge is 0.490 e. The quantitative estimate of drug-likeness (QED) is 0.489. The summed E-state index contributed by atoms with van der Waals surface area (Å²) in [6, 6.07) is 3.37. The molecule has 40 heavy (non-hydrogen) atoms. The maximum atomic E-state index is 13.3. The third-order valence-electron chi connectivity index (χ3n) is 5.67. The normalized spacial score (nSPS) is 16.5. The van der Waals surface area contributed by atoms with Crippen molar-refractivity contribution in [1.82, 2.24) is 19.7 Å². The van der Waals surface area contributed by atoms with Crippen LogP contribution in [-0.4, -0.2) is 87.4 Å². The third-order valence-corrected chi connectivity index (χ3v) is 5.67. The minimum Gasteiger partial charge on any atom is -0.480 e. The molecule has 1 atom stereocenters. The van der Waals surface area contributed by atoms with Crippen molar-refractivity contribution in [2.24, 2.45) is 5.92 Å². The molecule has 0 saturated heterocycles. The summed E-state index contributed by atoms with van der Waals surface area (Å²) in [5, 5.41) is 18.8. The van der Waals surface area contributed by atoms with Crippen LogP contribution in [0.2, 0.25) is 0 Å². The summed E-state index contributed by atoms with van der Waals surface area (Å²) < 4.78 is 76.3. The van der Waals surface area contributed by atoms with Crippen LogP contribution in [0.25, 0.3) is 0 Å². The van der Waals surface area contributed by atoms with Crippen LogP contribution in [-0.2, 0) is 27.3 Å². The molecular weight excluding hydrogens is 558 g/mol. The molecule has 0 bridgehead atoms. The van der Waals surface area contributed by atoms with Crippen LogP contribution in [0, 0.1) is 5.92 Å². The zero-order chi connectivity index (χ0) is 30.3. The summed E-state index contributed by atoms with van der Waals surface area (Å²) >= 11 is 0. The molecular formula is C23H26F6N4O7. The lowest BCUT2D eigenvalue weighted by Gasteiger charge is -2.36. The smallest absolute Gasteiger partial charge is 0.480 e. The fourth-order valence-electron chi connectivity index (χ4n) is 3.69. The number of fused-ring (bicyclic) bond motifs is 1. The van der Waals surface area contributed by atoms with Crippen LogP contribution < -0.4 is 4.74 Å². The van der Waals surface area contributed by atoms with Gasteiger partial charge in [-0.25, -0.2) is 14.6 Å². The van der Waals surface area contributed by atoms with E-state index in [1.54, 1.807) is 25.4 Å². The number of carbonyl (C=O) groups is 3. The van der Waals surface area contributed by atoms with Crippen molar-refractivity contribution in [2.45, 2.75) is 44.2 Å². The molecule has 3 heterocycles. The second kappa shape index (κ2) is 13.5. The predicted molar refractivity (Wildman–Crippen MR) is 122 cm³/mol. The van der Waals surface area contributed by atoms with Crippen LogP contribution in [0.4, 0.5) is 26.3 Å². The fraction of sp³-hybridized carbons (Fsp3) is 0.522. The molecule has 0 radical (unpaired) electrons. The first-order chi connectivity index (χ1) is 18.6. The summed E-state index contributed by atoms with van der Waals surface area (Å²) in [5.41, 5.74) is 2.81. The highest BCUT2D eigenvalue weighted by molar-refractivity contribution is 5.96. The number of ether oxygens (including phenoxy) is 2. The monoisotopic (exact) mass is 584 g/mol. The molecule has 1 aliphatic heterocycles. The van der Waals surface area contributed by atoms with Crippen molar-refractivity contribution in [1.29, 1.82) is 0 Å². The molecule has 17 heteroatoms. The van der Waals surface area contributed by atoms with E-state index in [9.17, 15) is 31.1 Å². The molecule has 1 aliphatic carbocycles. The van der Waals surface area contributed by atoms with Gasteiger partial charge < -0.3 is 24.6 Å². The average Bonchev–Trinajstić information content (AvgIpc) is 3.61. The lowest BCUT2D eigenvalue weighted by molar-refractivity contribution is -0.193. The number of hydrogen-bond donors (Lipinski definition) is 2. The molecule has 1 fully saturated rings. The number of aliphatic carboxylic acids is 2. The van der Waals surface area contributed by atoms with Crippen LogP contribution >= 0.6 is 0 Å². The van der Waals surface area contributed by atoms with Crippen molar-refractivity contribution in [3.05, 3.63) is 41.3 Å². The van der Waals surface area contributed by atoms with E-state index < -0.39 is 24.3 Å². The van der Waals surface area contributed by atoms with Gasteiger partial charge >= 0.3 is 24.3 Å². The average molecular weight is 584 g/mol. The van der Waals surface area contributed by atoms with E-state index in [1.165, 1.54) is 25.5 Å². The van der Waals surface area contributed by atoms with E-state index in [0.29, 0.717) is 30.5 Å². The summed E-state index contributed by atoms with van der Waals surface area (Å²) in [6.07, 6.45) is -3.26. The van der Waals surface area contributed by atoms with Crippen LogP contribution in [0.1, 0.15) is 40.5 Å². The molecule has 1 amide bonds. The molecule has 11 nitrogen and oxygen atoms in total. The molecule has 222 valence electrons. The van der Waals surface area contributed by atoms with Crippen molar-refractivity contribution < 1.29 is 60.4 Å². The fourth-order valence-corrected chi connectivity index (χ4v) is 3.69. The first-order valence-corrected chi connectivity index (χ1v) is 11.5. The highest BCUT2D eigenvalue weighted by Crippen LogP contribution is 2.36. The predicted octanol–water partition coefficient (Wildman–Crippen LogP) is 3.35. The number of nitrogens with zero attached hydrogens (tertiary/aromatic N) is 4. The summed E-state index contributed by atoms with van der Waals surface area (Å²) in [7, 11) is 3.20. The summed E-state index contributed by atoms with van der Waals surface area (Å²) in [5.74, 6) is -4.53. The maximum absolute atomic E-state index is 13.3. The Morgan fingerprint density at radius 1 is 1.05 bits per heavy atom. The topological polar surface area (TPSA) is 144 Å². The zero-order valence-corrected chi connectivity index (χ0v) is 21.2. The number of hydrogen-bond acceptors (Lipinski definition) is 7. The first-order valence-electron chi connectivity index (χ1n) is 11.5. The van der Waals surface area contributed by atoms with E-state index >= 15 is 0 Å². The Hall–Kier alpha value is -3.89.